The van der Waals surface area contributed by atoms with Crippen LogP contribution in [0, 0.1) is 0 Å². The third-order valence-corrected chi connectivity index (χ3v) is 6.90. The Kier molecular flexibility index (Phi) is 12.5. The number of unbranched alkanes of at least 4 members (excludes halogenated alkanes) is 1. The highest BCUT2D eigenvalue weighted by Gasteiger charge is 2.23. The molecule has 2 heterocycles. The quantitative estimate of drug-likeness (QED) is 0.536. The summed E-state index contributed by atoms with van der Waals surface area (Å²) < 4.78 is 0. The number of nitrogens with zero attached hydrogens (tertiary/aromatic N) is 2. The summed E-state index contributed by atoms with van der Waals surface area (Å²) in [6.45, 7) is 8.09. The molecule has 2 aliphatic heterocycles. The van der Waals surface area contributed by atoms with Gasteiger partial charge in [0.05, 0.1) is 5.37 Å². The molecule has 2 unspecified atom stereocenters. The maximum Gasteiger partial charge on any atom is 0.0535 e. The summed E-state index contributed by atoms with van der Waals surface area (Å²) in [5.41, 5.74) is 1.26. The Morgan fingerprint density at radius 1 is 1.11 bits per heavy atom. The van der Waals surface area contributed by atoms with Gasteiger partial charge in [0.2, 0.25) is 0 Å². The molecule has 0 aliphatic carbocycles. The molecule has 27 heavy (non-hydrogen) atoms. The molecule has 0 aromatic heterocycles. The van der Waals surface area contributed by atoms with Crippen LogP contribution in [0.25, 0.3) is 0 Å². The van der Waals surface area contributed by atoms with Crippen LogP contribution in [0.2, 0.25) is 5.02 Å². The van der Waals surface area contributed by atoms with E-state index in [-0.39, 0.29) is 24.8 Å². The zero-order valence-electron chi connectivity index (χ0n) is 16.2. The SMILES string of the molecule is CCCC1CSC(CCCCN2CCN(c3cccc(Cl)c3)CC2)N1.Cl.Cl. The fourth-order valence-electron chi connectivity index (χ4n) is 3.84. The Balaban J connectivity index is 0.00000182. The number of hydrogen-bond acceptors (Lipinski definition) is 4. The van der Waals surface area contributed by atoms with Crippen LogP contribution in [-0.4, -0.2) is 54.8 Å². The van der Waals surface area contributed by atoms with E-state index in [1.165, 1.54) is 63.2 Å². The van der Waals surface area contributed by atoms with Gasteiger partial charge in [-0.25, -0.2) is 0 Å². The molecule has 7 heteroatoms. The number of thioether (sulfide) groups is 1. The van der Waals surface area contributed by atoms with Gasteiger partial charge in [-0.2, -0.15) is 0 Å². The molecule has 1 N–H and O–H groups in total. The molecule has 0 spiro atoms. The lowest BCUT2D eigenvalue weighted by Gasteiger charge is -2.36. The number of halogens is 3. The van der Waals surface area contributed by atoms with E-state index < -0.39 is 0 Å². The second-order valence-corrected chi connectivity index (χ2v) is 8.95. The molecule has 1 aromatic rings. The van der Waals surface area contributed by atoms with Gasteiger partial charge in [-0.1, -0.05) is 31.0 Å². The lowest BCUT2D eigenvalue weighted by Crippen LogP contribution is -2.46. The molecular formula is C20H34Cl3N3S. The normalized spacial score (nSPS) is 23.0. The summed E-state index contributed by atoms with van der Waals surface area (Å²) in [5, 5.41) is 5.33. The highest BCUT2D eigenvalue weighted by atomic mass is 35.5. The predicted molar refractivity (Wildman–Crippen MR) is 127 cm³/mol. The fraction of sp³-hybridized carbons (Fsp3) is 0.700. The van der Waals surface area contributed by atoms with Crippen LogP contribution in [0.4, 0.5) is 5.69 Å². The van der Waals surface area contributed by atoms with Crippen LogP contribution in [-0.2, 0) is 0 Å². The summed E-state index contributed by atoms with van der Waals surface area (Å²) in [6.07, 6.45) is 6.63. The van der Waals surface area contributed by atoms with Crippen LogP contribution in [0.3, 0.4) is 0 Å². The van der Waals surface area contributed by atoms with E-state index in [1.807, 2.05) is 12.1 Å². The maximum absolute atomic E-state index is 6.11. The Morgan fingerprint density at radius 3 is 2.59 bits per heavy atom. The van der Waals surface area contributed by atoms with Crippen molar-refractivity contribution in [1.82, 2.24) is 10.2 Å². The smallest absolute Gasteiger partial charge is 0.0535 e. The third kappa shape index (κ3) is 8.20. The number of benzene rings is 1. The van der Waals surface area contributed by atoms with E-state index in [9.17, 15) is 0 Å². The molecule has 0 saturated carbocycles. The van der Waals surface area contributed by atoms with Crippen LogP contribution in [0.1, 0.15) is 39.0 Å². The van der Waals surface area contributed by atoms with Crippen molar-refractivity contribution >= 4 is 53.9 Å². The molecule has 2 atom stereocenters. The van der Waals surface area contributed by atoms with Crippen molar-refractivity contribution in [1.29, 1.82) is 0 Å². The minimum Gasteiger partial charge on any atom is -0.369 e. The summed E-state index contributed by atoms with van der Waals surface area (Å²) in [7, 11) is 0. The number of rotatable bonds is 8. The average Bonchev–Trinajstić information content (AvgIpc) is 3.07. The van der Waals surface area contributed by atoms with Crippen molar-refractivity contribution in [3.63, 3.8) is 0 Å². The molecule has 2 saturated heterocycles. The molecule has 3 rings (SSSR count). The molecule has 1 aromatic carbocycles. The van der Waals surface area contributed by atoms with Crippen molar-refractivity contribution in [2.24, 2.45) is 0 Å². The third-order valence-electron chi connectivity index (χ3n) is 5.29. The van der Waals surface area contributed by atoms with Gasteiger partial charge in [-0.3, -0.25) is 4.90 Å². The summed E-state index contributed by atoms with van der Waals surface area (Å²) >= 11 is 8.25. The highest BCUT2D eigenvalue weighted by molar-refractivity contribution is 8.00. The van der Waals surface area contributed by atoms with E-state index in [1.54, 1.807) is 0 Å². The minimum absolute atomic E-state index is 0. The van der Waals surface area contributed by atoms with Gasteiger partial charge in [-0.15, -0.1) is 36.6 Å². The highest BCUT2D eigenvalue weighted by Crippen LogP contribution is 2.25. The number of hydrogen-bond donors (Lipinski definition) is 1. The van der Waals surface area contributed by atoms with Gasteiger partial charge in [-0.05, 0) is 50.4 Å². The van der Waals surface area contributed by atoms with Crippen LogP contribution in [0.5, 0.6) is 0 Å². The predicted octanol–water partition coefficient (Wildman–Crippen LogP) is 5.31. The summed E-state index contributed by atoms with van der Waals surface area (Å²) in [6, 6.07) is 9.00. The molecule has 2 aliphatic rings. The molecule has 0 radical (unpaired) electrons. The molecule has 0 bridgehead atoms. The lowest BCUT2D eigenvalue weighted by molar-refractivity contribution is 0.251. The first-order valence-corrected chi connectivity index (χ1v) is 11.3. The van der Waals surface area contributed by atoms with Gasteiger partial charge in [0.1, 0.15) is 0 Å². The first-order chi connectivity index (χ1) is 12.2. The van der Waals surface area contributed by atoms with Crippen molar-refractivity contribution < 1.29 is 0 Å². The van der Waals surface area contributed by atoms with E-state index >= 15 is 0 Å². The standard InChI is InChI=1S/C20H32ClN3S.2ClH/c1-2-6-18-16-25-20(22-18)9-3-4-10-23-11-13-24(14-12-23)19-8-5-7-17(21)15-19;;/h5,7-8,15,18,20,22H,2-4,6,9-14,16H2,1H3;2*1H. The molecule has 3 nitrogen and oxygen atoms in total. The van der Waals surface area contributed by atoms with Crippen LogP contribution >= 0.6 is 48.2 Å². The molecule has 0 amide bonds. The van der Waals surface area contributed by atoms with Crippen molar-refractivity contribution in [3.8, 4) is 0 Å². The summed E-state index contributed by atoms with van der Waals surface area (Å²) in [5.74, 6) is 1.31. The van der Waals surface area contributed by atoms with Gasteiger partial charge in [0.15, 0.2) is 0 Å². The zero-order chi connectivity index (χ0) is 17.5. The van der Waals surface area contributed by atoms with Crippen molar-refractivity contribution in [3.05, 3.63) is 29.3 Å². The number of anilines is 1. The second kappa shape index (κ2) is 13.4. The van der Waals surface area contributed by atoms with Gasteiger partial charge in [0, 0.05) is 48.7 Å². The second-order valence-electron chi connectivity index (χ2n) is 7.28. The first-order valence-electron chi connectivity index (χ1n) is 9.85. The van der Waals surface area contributed by atoms with Gasteiger partial charge < -0.3 is 10.2 Å². The monoisotopic (exact) mass is 453 g/mol. The summed E-state index contributed by atoms with van der Waals surface area (Å²) in [4.78, 5) is 5.07. The minimum atomic E-state index is 0. The molecular weight excluding hydrogens is 421 g/mol. The maximum atomic E-state index is 6.11. The van der Waals surface area contributed by atoms with Crippen molar-refractivity contribution in [2.45, 2.75) is 50.4 Å². The average molecular weight is 455 g/mol. The Bertz CT molecular complexity index is 527. The Morgan fingerprint density at radius 2 is 1.89 bits per heavy atom. The van der Waals surface area contributed by atoms with E-state index in [0.717, 1.165) is 24.2 Å². The molecule has 156 valence electrons. The Hall–Kier alpha value is 0.160. The topological polar surface area (TPSA) is 18.5 Å². The lowest BCUT2D eigenvalue weighted by atomic mass is 10.1. The van der Waals surface area contributed by atoms with Gasteiger partial charge in [0.25, 0.3) is 0 Å². The Labute approximate surface area is 186 Å². The van der Waals surface area contributed by atoms with Crippen molar-refractivity contribution in [2.75, 3.05) is 43.4 Å². The number of piperazine rings is 1. The molecule has 2 fully saturated rings. The van der Waals surface area contributed by atoms with Crippen LogP contribution in [0.15, 0.2) is 24.3 Å². The zero-order valence-corrected chi connectivity index (χ0v) is 19.4. The van der Waals surface area contributed by atoms with E-state index in [2.05, 4.69) is 45.9 Å². The van der Waals surface area contributed by atoms with E-state index in [4.69, 9.17) is 11.6 Å². The fourth-order valence-corrected chi connectivity index (χ4v) is 5.37. The van der Waals surface area contributed by atoms with Crippen LogP contribution < -0.4 is 10.2 Å². The van der Waals surface area contributed by atoms with Gasteiger partial charge >= 0.3 is 0 Å². The first kappa shape index (κ1) is 25.2. The largest absolute Gasteiger partial charge is 0.369 e. The van der Waals surface area contributed by atoms with E-state index in [0.29, 0.717) is 5.37 Å². The number of nitrogens with one attached hydrogen (secondary N) is 1.